The Balaban J connectivity index is 1.62. The van der Waals surface area contributed by atoms with E-state index in [9.17, 15) is 14.7 Å². The van der Waals surface area contributed by atoms with Crippen molar-refractivity contribution in [3.63, 3.8) is 0 Å². The maximum atomic E-state index is 14.0. The highest BCUT2D eigenvalue weighted by molar-refractivity contribution is 7.99. The molecule has 4 rings (SSSR count). The minimum Gasteiger partial charge on any atom is -0.477 e. The van der Waals surface area contributed by atoms with E-state index in [2.05, 4.69) is 28.7 Å². The minimum absolute atomic E-state index is 0.00132. The molecule has 2 N–H and O–H groups in total. The quantitative estimate of drug-likeness (QED) is 0.402. The van der Waals surface area contributed by atoms with E-state index in [-0.39, 0.29) is 28.2 Å². The molecule has 36 heavy (non-hydrogen) atoms. The first-order valence-electron chi connectivity index (χ1n) is 13.0. The Kier molecular flexibility index (Phi) is 8.52. The van der Waals surface area contributed by atoms with Gasteiger partial charge in [-0.1, -0.05) is 30.5 Å². The zero-order valence-corrected chi connectivity index (χ0v) is 23.3. The zero-order chi connectivity index (χ0) is 25.9. The predicted molar refractivity (Wildman–Crippen MR) is 147 cm³/mol. The molecule has 2 fully saturated rings. The second-order valence-electron chi connectivity index (χ2n) is 11.2. The number of carboxylic acids is 1. The molecule has 1 amide bonds. The van der Waals surface area contributed by atoms with Gasteiger partial charge in [0.25, 0.3) is 0 Å². The Bertz CT molecular complexity index is 1110. The van der Waals surface area contributed by atoms with E-state index < -0.39 is 5.97 Å². The second-order valence-corrected chi connectivity index (χ2v) is 13.6. The van der Waals surface area contributed by atoms with Crippen LogP contribution in [-0.2, 0) is 4.79 Å². The van der Waals surface area contributed by atoms with Gasteiger partial charge >= 0.3 is 5.97 Å². The summed E-state index contributed by atoms with van der Waals surface area (Å²) in [5, 5.41) is 11.4. The van der Waals surface area contributed by atoms with E-state index in [1.54, 1.807) is 18.0 Å². The van der Waals surface area contributed by atoms with Crippen molar-refractivity contribution < 1.29 is 14.7 Å². The number of carbonyl (C=O) groups is 2. The van der Waals surface area contributed by atoms with E-state index in [4.69, 9.17) is 0 Å². The Hall–Kier alpha value is -2.24. The predicted octanol–water partition coefficient (Wildman–Crippen LogP) is 6.83. The fraction of sp³-hybridized carbons (Fsp3) is 0.607. The van der Waals surface area contributed by atoms with Crippen molar-refractivity contribution in [3.8, 4) is 11.8 Å². The number of carboxylic acid groups (broad SMARTS) is 1. The molecule has 2 aliphatic rings. The molecule has 0 saturated heterocycles. The molecule has 0 unspecified atom stereocenters. The lowest BCUT2D eigenvalue weighted by Crippen LogP contribution is -2.46. The lowest BCUT2D eigenvalue weighted by atomic mass is 9.81. The molecular formula is C28H37N3O3S2. The molecule has 8 heteroatoms. The van der Waals surface area contributed by atoms with Crippen molar-refractivity contribution in [1.82, 2.24) is 9.97 Å². The molecule has 2 aromatic heterocycles. The summed E-state index contributed by atoms with van der Waals surface area (Å²) in [5.74, 6) is 6.09. The molecule has 2 aliphatic carbocycles. The van der Waals surface area contributed by atoms with Crippen LogP contribution in [0.2, 0.25) is 0 Å². The smallest absolute Gasteiger partial charge is 0.348 e. The summed E-state index contributed by atoms with van der Waals surface area (Å²) in [6.45, 7) is 8.35. The molecule has 2 heterocycles. The minimum atomic E-state index is -0.990. The van der Waals surface area contributed by atoms with E-state index in [1.165, 1.54) is 11.3 Å². The summed E-state index contributed by atoms with van der Waals surface area (Å²) in [5.41, 5.74) is 0.350. The normalized spacial score (nSPS) is 24.6. The molecule has 194 valence electrons. The average Bonchev–Trinajstić information content (AvgIpc) is 3.49. The van der Waals surface area contributed by atoms with Crippen LogP contribution in [0.1, 0.15) is 93.6 Å². The molecule has 0 aliphatic heterocycles. The number of thioether (sulfide) groups is 1. The van der Waals surface area contributed by atoms with Crippen LogP contribution in [0.4, 0.5) is 5.69 Å². The Labute approximate surface area is 222 Å². The van der Waals surface area contributed by atoms with E-state index in [0.29, 0.717) is 21.7 Å². The maximum Gasteiger partial charge on any atom is 0.348 e. The monoisotopic (exact) mass is 527 g/mol. The molecule has 2 aromatic rings. The van der Waals surface area contributed by atoms with Crippen LogP contribution in [0.5, 0.6) is 0 Å². The summed E-state index contributed by atoms with van der Waals surface area (Å²) >= 11 is 2.94. The van der Waals surface area contributed by atoms with Gasteiger partial charge in [0, 0.05) is 35.0 Å². The number of amides is 1. The van der Waals surface area contributed by atoms with Gasteiger partial charge in [-0.3, -0.25) is 4.79 Å². The van der Waals surface area contributed by atoms with Crippen LogP contribution in [0.3, 0.4) is 0 Å². The number of H-pyrrole nitrogens is 1. The van der Waals surface area contributed by atoms with Gasteiger partial charge in [-0.25, -0.2) is 9.78 Å². The van der Waals surface area contributed by atoms with Gasteiger partial charge in [-0.05, 0) is 84.1 Å². The standard InChI is InChI=1S/C28H37N3O3S2/c1-18-5-7-19(8-6-18)25(32)31(20-9-11-21(12-10-20)36-27-29-15-16-30-27)23-17-22(13-14-28(2,3)4)35-24(23)26(33)34/h15-21H,5-12H2,1-4H3,(H,29,30)(H,33,34)/t18-,19-,20-,21-. The van der Waals surface area contributed by atoms with E-state index in [1.807, 2.05) is 37.9 Å². The number of anilines is 1. The van der Waals surface area contributed by atoms with Gasteiger partial charge in [-0.15, -0.1) is 11.3 Å². The Morgan fingerprint density at radius 1 is 1.14 bits per heavy atom. The lowest BCUT2D eigenvalue weighted by Gasteiger charge is -2.39. The van der Waals surface area contributed by atoms with Gasteiger partial charge in [0.2, 0.25) is 5.91 Å². The first kappa shape index (κ1) is 26.8. The van der Waals surface area contributed by atoms with Crippen LogP contribution in [-0.4, -0.2) is 38.2 Å². The first-order chi connectivity index (χ1) is 17.1. The van der Waals surface area contributed by atoms with Crippen LogP contribution >= 0.6 is 23.1 Å². The summed E-state index contributed by atoms with van der Waals surface area (Å²) in [4.78, 5) is 36.6. The topological polar surface area (TPSA) is 86.3 Å². The van der Waals surface area contributed by atoms with E-state index in [0.717, 1.165) is 56.5 Å². The van der Waals surface area contributed by atoms with Gasteiger partial charge in [0.15, 0.2) is 5.16 Å². The van der Waals surface area contributed by atoms with Crippen molar-refractivity contribution >= 4 is 40.7 Å². The number of aromatic amines is 1. The molecular weight excluding hydrogens is 490 g/mol. The van der Waals surface area contributed by atoms with Crippen LogP contribution in [0.15, 0.2) is 23.6 Å². The van der Waals surface area contributed by atoms with Gasteiger partial charge in [0.1, 0.15) is 4.88 Å². The fourth-order valence-electron chi connectivity index (χ4n) is 5.12. The average molecular weight is 528 g/mol. The highest BCUT2D eigenvalue weighted by Gasteiger charge is 2.37. The third-order valence-corrected chi connectivity index (χ3v) is 9.37. The van der Waals surface area contributed by atoms with Gasteiger partial charge in [0.05, 0.1) is 10.6 Å². The molecule has 6 nitrogen and oxygen atoms in total. The highest BCUT2D eigenvalue weighted by Crippen LogP contribution is 2.40. The summed E-state index contributed by atoms with van der Waals surface area (Å²) < 4.78 is 0. The number of nitrogens with zero attached hydrogens (tertiary/aromatic N) is 2. The number of aromatic carboxylic acids is 1. The Morgan fingerprint density at radius 3 is 2.42 bits per heavy atom. The van der Waals surface area contributed by atoms with Crippen molar-refractivity contribution in [2.45, 2.75) is 95.5 Å². The SMILES string of the molecule is CC(C)(C)C#Cc1cc(N(C(=O)[C@H]2CC[C@H](C)CC2)[C@H]2CC[C@H](Sc3ncc[nH]3)CC2)c(C(=O)O)s1. The van der Waals surface area contributed by atoms with Gasteiger partial charge in [-0.2, -0.15) is 0 Å². The van der Waals surface area contributed by atoms with Crippen molar-refractivity contribution in [3.05, 3.63) is 28.2 Å². The number of imidazole rings is 1. The summed E-state index contributed by atoms with van der Waals surface area (Å²) in [6.07, 6.45) is 11.1. The number of rotatable bonds is 6. The molecule has 2 saturated carbocycles. The van der Waals surface area contributed by atoms with Crippen LogP contribution in [0, 0.1) is 29.1 Å². The lowest BCUT2D eigenvalue weighted by molar-refractivity contribution is -0.124. The Morgan fingerprint density at radius 2 is 1.83 bits per heavy atom. The van der Waals surface area contributed by atoms with Crippen molar-refractivity contribution in [1.29, 1.82) is 0 Å². The number of aromatic nitrogens is 2. The maximum absolute atomic E-state index is 14.0. The highest BCUT2D eigenvalue weighted by atomic mass is 32.2. The summed E-state index contributed by atoms with van der Waals surface area (Å²) in [7, 11) is 0. The molecule has 0 bridgehead atoms. The number of hydrogen-bond acceptors (Lipinski definition) is 5. The van der Waals surface area contributed by atoms with Crippen molar-refractivity contribution in [2.75, 3.05) is 4.90 Å². The third kappa shape index (κ3) is 6.74. The number of carbonyl (C=O) groups excluding carboxylic acids is 1. The molecule has 0 aromatic carbocycles. The van der Waals surface area contributed by atoms with Gasteiger partial charge < -0.3 is 15.0 Å². The van der Waals surface area contributed by atoms with Crippen LogP contribution < -0.4 is 4.90 Å². The molecule has 0 spiro atoms. The third-order valence-electron chi connectivity index (χ3n) is 7.09. The second kappa shape index (κ2) is 11.4. The molecule has 0 radical (unpaired) electrons. The summed E-state index contributed by atoms with van der Waals surface area (Å²) in [6, 6.07) is 1.85. The first-order valence-corrected chi connectivity index (χ1v) is 14.7. The number of hydrogen-bond donors (Lipinski definition) is 2. The van der Waals surface area contributed by atoms with E-state index >= 15 is 0 Å². The molecule has 0 atom stereocenters. The van der Waals surface area contributed by atoms with Crippen molar-refractivity contribution in [2.24, 2.45) is 17.3 Å². The zero-order valence-electron chi connectivity index (χ0n) is 21.7. The fourth-order valence-corrected chi connectivity index (χ4v) is 7.04. The number of thiophene rings is 1. The number of nitrogens with one attached hydrogen (secondary N) is 1. The van der Waals surface area contributed by atoms with Crippen LogP contribution in [0.25, 0.3) is 0 Å². The largest absolute Gasteiger partial charge is 0.477 e.